The lowest BCUT2D eigenvalue weighted by atomic mass is 10.1. The monoisotopic (exact) mass is 339 g/mol. The van der Waals surface area contributed by atoms with Crippen LogP contribution < -0.4 is 0 Å². The van der Waals surface area contributed by atoms with E-state index in [1.54, 1.807) is 23.4 Å². The van der Waals surface area contributed by atoms with Gasteiger partial charge in [0.1, 0.15) is 6.33 Å². The third-order valence-electron chi connectivity index (χ3n) is 4.09. The standard InChI is InChI=1S/C19H21N3O3/c23-12-3-10-21(11-13-24)19(25)15-6-8-16(9-7-15)22-14-20-17-4-1-2-5-18(17)22/h1-2,4-9,14,23-24H,3,10-13H2. The number of benzene rings is 2. The number of imidazole rings is 1. The molecule has 130 valence electrons. The van der Waals surface area contributed by atoms with Crippen LogP contribution in [0.15, 0.2) is 54.9 Å². The molecule has 0 aliphatic carbocycles. The molecule has 0 unspecified atom stereocenters. The number of carbonyl (C=O) groups is 1. The van der Waals surface area contributed by atoms with E-state index in [0.717, 1.165) is 16.7 Å². The smallest absolute Gasteiger partial charge is 0.253 e. The van der Waals surface area contributed by atoms with Gasteiger partial charge in [-0.15, -0.1) is 0 Å². The molecule has 0 spiro atoms. The molecular formula is C19H21N3O3. The number of rotatable bonds is 7. The van der Waals surface area contributed by atoms with Crippen molar-refractivity contribution in [2.24, 2.45) is 0 Å². The third-order valence-corrected chi connectivity index (χ3v) is 4.09. The van der Waals surface area contributed by atoms with Crippen LogP contribution in [-0.4, -0.2) is 56.9 Å². The second-order valence-corrected chi connectivity index (χ2v) is 5.74. The van der Waals surface area contributed by atoms with Gasteiger partial charge in [0, 0.05) is 30.9 Å². The molecule has 1 aromatic heterocycles. The van der Waals surface area contributed by atoms with Crippen molar-refractivity contribution in [3.05, 3.63) is 60.4 Å². The maximum Gasteiger partial charge on any atom is 0.253 e. The Hall–Kier alpha value is -2.70. The van der Waals surface area contributed by atoms with Gasteiger partial charge in [-0.05, 0) is 42.8 Å². The molecule has 0 bridgehead atoms. The molecule has 1 heterocycles. The molecule has 25 heavy (non-hydrogen) atoms. The maximum atomic E-state index is 12.6. The van der Waals surface area contributed by atoms with Crippen LogP contribution in [0.25, 0.3) is 16.7 Å². The van der Waals surface area contributed by atoms with Crippen molar-refractivity contribution < 1.29 is 15.0 Å². The summed E-state index contributed by atoms with van der Waals surface area (Å²) in [5.74, 6) is -0.149. The van der Waals surface area contributed by atoms with E-state index in [1.807, 2.05) is 41.0 Å². The fraction of sp³-hybridized carbons (Fsp3) is 0.263. The summed E-state index contributed by atoms with van der Waals surface area (Å²) in [6, 6.07) is 15.2. The number of aliphatic hydroxyl groups is 2. The van der Waals surface area contributed by atoms with Crippen molar-refractivity contribution in [1.29, 1.82) is 0 Å². The first-order valence-corrected chi connectivity index (χ1v) is 8.28. The van der Waals surface area contributed by atoms with Crippen molar-refractivity contribution >= 4 is 16.9 Å². The molecule has 0 aliphatic rings. The van der Waals surface area contributed by atoms with Gasteiger partial charge in [-0.1, -0.05) is 12.1 Å². The zero-order valence-corrected chi connectivity index (χ0v) is 13.9. The number of carbonyl (C=O) groups excluding carboxylic acids is 1. The van der Waals surface area contributed by atoms with E-state index in [-0.39, 0.29) is 25.7 Å². The highest BCUT2D eigenvalue weighted by Crippen LogP contribution is 2.18. The quantitative estimate of drug-likeness (QED) is 0.688. The van der Waals surface area contributed by atoms with Crippen molar-refractivity contribution in [3.8, 4) is 5.69 Å². The number of amides is 1. The second kappa shape index (κ2) is 7.92. The summed E-state index contributed by atoms with van der Waals surface area (Å²) in [5.41, 5.74) is 3.40. The van der Waals surface area contributed by atoms with Gasteiger partial charge in [-0.2, -0.15) is 0 Å². The summed E-state index contributed by atoms with van der Waals surface area (Å²) < 4.78 is 1.97. The first-order chi connectivity index (χ1) is 12.2. The molecule has 0 saturated heterocycles. The van der Waals surface area contributed by atoms with Crippen molar-refractivity contribution in [2.75, 3.05) is 26.3 Å². The minimum Gasteiger partial charge on any atom is -0.396 e. The minimum absolute atomic E-state index is 0.0157. The van der Waals surface area contributed by atoms with E-state index < -0.39 is 0 Å². The van der Waals surface area contributed by atoms with E-state index in [9.17, 15) is 4.79 Å². The average Bonchev–Trinajstić information content (AvgIpc) is 3.09. The van der Waals surface area contributed by atoms with Gasteiger partial charge in [-0.3, -0.25) is 9.36 Å². The number of aromatic nitrogens is 2. The Morgan fingerprint density at radius 3 is 2.48 bits per heavy atom. The Morgan fingerprint density at radius 2 is 1.76 bits per heavy atom. The van der Waals surface area contributed by atoms with Crippen LogP contribution in [0.1, 0.15) is 16.8 Å². The first-order valence-electron chi connectivity index (χ1n) is 8.28. The Balaban J connectivity index is 1.82. The van der Waals surface area contributed by atoms with E-state index in [4.69, 9.17) is 10.2 Å². The zero-order valence-electron chi connectivity index (χ0n) is 13.9. The predicted molar refractivity (Wildman–Crippen MR) is 95.8 cm³/mol. The lowest BCUT2D eigenvalue weighted by Gasteiger charge is -2.21. The summed E-state index contributed by atoms with van der Waals surface area (Å²) in [6.07, 6.45) is 2.26. The van der Waals surface area contributed by atoms with Crippen molar-refractivity contribution in [3.63, 3.8) is 0 Å². The van der Waals surface area contributed by atoms with Gasteiger partial charge in [-0.25, -0.2) is 4.98 Å². The molecule has 3 aromatic rings. The molecule has 2 aromatic carbocycles. The minimum atomic E-state index is -0.149. The molecule has 6 heteroatoms. The number of hydrogen-bond donors (Lipinski definition) is 2. The summed E-state index contributed by atoms with van der Waals surface area (Å²) in [6.45, 7) is 0.592. The Kier molecular flexibility index (Phi) is 5.42. The second-order valence-electron chi connectivity index (χ2n) is 5.74. The van der Waals surface area contributed by atoms with Gasteiger partial charge in [0.2, 0.25) is 0 Å². The van der Waals surface area contributed by atoms with Crippen LogP contribution in [0.2, 0.25) is 0 Å². The summed E-state index contributed by atoms with van der Waals surface area (Å²) in [5, 5.41) is 18.1. The molecule has 0 saturated carbocycles. The topological polar surface area (TPSA) is 78.6 Å². The van der Waals surface area contributed by atoms with E-state index in [2.05, 4.69) is 4.98 Å². The fourth-order valence-corrected chi connectivity index (χ4v) is 2.81. The lowest BCUT2D eigenvalue weighted by molar-refractivity contribution is 0.0710. The van der Waals surface area contributed by atoms with Crippen LogP contribution in [0.3, 0.4) is 0 Å². The molecule has 1 amide bonds. The Morgan fingerprint density at radius 1 is 1.00 bits per heavy atom. The fourth-order valence-electron chi connectivity index (χ4n) is 2.81. The van der Waals surface area contributed by atoms with Gasteiger partial charge in [0.15, 0.2) is 0 Å². The lowest BCUT2D eigenvalue weighted by Crippen LogP contribution is -2.34. The van der Waals surface area contributed by atoms with E-state index in [0.29, 0.717) is 18.5 Å². The highest BCUT2D eigenvalue weighted by Gasteiger charge is 2.15. The summed E-state index contributed by atoms with van der Waals surface area (Å²) in [4.78, 5) is 18.5. The SMILES string of the molecule is O=C(c1ccc(-n2cnc3ccccc32)cc1)N(CCO)CCCO. The average molecular weight is 339 g/mol. The Bertz CT molecular complexity index is 843. The van der Waals surface area contributed by atoms with Gasteiger partial charge < -0.3 is 15.1 Å². The normalized spacial score (nSPS) is 11.0. The number of hydrogen-bond acceptors (Lipinski definition) is 4. The number of aliphatic hydroxyl groups excluding tert-OH is 2. The van der Waals surface area contributed by atoms with E-state index >= 15 is 0 Å². The summed E-state index contributed by atoms with van der Waals surface area (Å²) in [7, 11) is 0. The first kappa shape index (κ1) is 17.1. The number of nitrogens with zero attached hydrogens (tertiary/aromatic N) is 3. The van der Waals surface area contributed by atoms with Gasteiger partial charge >= 0.3 is 0 Å². The van der Waals surface area contributed by atoms with Crippen LogP contribution in [-0.2, 0) is 0 Å². The molecule has 6 nitrogen and oxygen atoms in total. The predicted octanol–water partition coefficient (Wildman–Crippen LogP) is 1.84. The van der Waals surface area contributed by atoms with E-state index in [1.165, 1.54) is 0 Å². The maximum absolute atomic E-state index is 12.6. The van der Waals surface area contributed by atoms with Crippen LogP contribution in [0, 0.1) is 0 Å². The molecule has 0 fully saturated rings. The molecule has 0 atom stereocenters. The van der Waals surface area contributed by atoms with Crippen LogP contribution in [0.5, 0.6) is 0 Å². The van der Waals surface area contributed by atoms with Crippen LogP contribution in [0.4, 0.5) is 0 Å². The zero-order chi connectivity index (χ0) is 17.6. The highest BCUT2D eigenvalue weighted by atomic mass is 16.3. The molecule has 3 rings (SSSR count). The Labute approximate surface area is 146 Å². The molecule has 2 N–H and O–H groups in total. The highest BCUT2D eigenvalue weighted by molar-refractivity contribution is 5.94. The van der Waals surface area contributed by atoms with Crippen molar-refractivity contribution in [1.82, 2.24) is 14.5 Å². The summed E-state index contributed by atoms with van der Waals surface area (Å²) >= 11 is 0. The largest absolute Gasteiger partial charge is 0.396 e. The molecular weight excluding hydrogens is 318 g/mol. The third kappa shape index (κ3) is 3.70. The number of fused-ring (bicyclic) bond motifs is 1. The van der Waals surface area contributed by atoms with Crippen LogP contribution >= 0.6 is 0 Å². The van der Waals surface area contributed by atoms with Gasteiger partial charge in [0.05, 0.1) is 17.6 Å². The number of para-hydroxylation sites is 2. The molecule has 0 radical (unpaired) electrons. The molecule has 0 aliphatic heterocycles. The van der Waals surface area contributed by atoms with Gasteiger partial charge in [0.25, 0.3) is 5.91 Å². The van der Waals surface area contributed by atoms with Crippen molar-refractivity contribution in [2.45, 2.75) is 6.42 Å².